The van der Waals surface area contributed by atoms with Gasteiger partial charge in [0.1, 0.15) is 0 Å². The number of aromatic nitrogens is 2. The Bertz CT molecular complexity index is 465. The van der Waals surface area contributed by atoms with E-state index in [0.29, 0.717) is 20.9 Å². The van der Waals surface area contributed by atoms with E-state index in [1.165, 1.54) is 0 Å². The smallest absolute Gasteiger partial charge is 0.149 e. The Hall–Kier alpha value is -0.570. The van der Waals surface area contributed by atoms with E-state index in [9.17, 15) is 0 Å². The van der Waals surface area contributed by atoms with Gasteiger partial charge in [0.05, 0.1) is 10.5 Å². The van der Waals surface area contributed by atoms with Gasteiger partial charge in [-0.1, -0.05) is 34.8 Å². The molecule has 1 aromatic carbocycles. The maximum absolute atomic E-state index is 5.90. The molecule has 0 atom stereocenters. The molecule has 0 unspecified atom stereocenters. The van der Waals surface area contributed by atoms with Gasteiger partial charge in [0.15, 0.2) is 5.15 Å². The van der Waals surface area contributed by atoms with Crippen molar-refractivity contribution in [1.29, 1.82) is 0 Å². The zero-order chi connectivity index (χ0) is 9.42. The van der Waals surface area contributed by atoms with Crippen LogP contribution in [0.4, 0.5) is 0 Å². The molecule has 0 aliphatic heterocycles. The average molecular weight is 233 g/mol. The predicted octanol–water partition coefficient (Wildman–Crippen LogP) is 3.59. The number of hydrogen-bond donors (Lipinski definition) is 0. The molecule has 0 amide bonds. The van der Waals surface area contributed by atoms with E-state index in [1.54, 1.807) is 18.2 Å². The van der Waals surface area contributed by atoms with Crippen molar-refractivity contribution in [3.8, 4) is 0 Å². The average Bonchev–Trinajstić information content (AvgIpc) is 2.12. The van der Waals surface area contributed by atoms with Crippen molar-refractivity contribution >= 4 is 45.7 Å². The Labute approximate surface area is 89.4 Å². The van der Waals surface area contributed by atoms with Crippen molar-refractivity contribution in [2.45, 2.75) is 0 Å². The van der Waals surface area contributed by atoms with Crippen molar-refractivity contribution in [3.63, 3.8) is 0 Å². The standard InChI is InChI=1S/C8H3Cl3N2/c9-4-1-2-6-5(3-4)7(10)8(11)13-12-6/h1-3H. The molecule has 5 heteroatoms. The molecule has 1 heterocycles. The molecule has 66 valence electrons. The predicted molar refractivity (Wildman–Crippen MR) is 54.6 cm³/mol. The Morgan fingerprint density at radius 1 is 1.00 bits per heavy atom. The lowest BCUT2D eigenvalue weighted by atomic mass is 10.2. The van der Waals surface area contributed by atoms with Gasteiger partial charge in [-0.15, -0.1) is 10.2 Å². The zero-order valence-corrected chi connectivity index (χ0v) is 8.53. The van der Waals surface area contributed by atoms with Crippen LogP contribution in [0.1, 0.15) is 0 Å². The molecule has 0 spiro atoms. The first-order valence-corrected chi connectivity index (χ1v) is 4.59. The van der Waals surface area contributed by atoms with Gasteiger partial charge in [0, 0.05) is 10.4 Å². The summed E-state index contributed by atoms with van der Waals surface area (Å²) in [5, 5.41) is 9.42. The molecule has 0 bridgehead atoms. The number of nitrogens with zero attached hydrogens (tertiary/aromatic N) is 2. The lowest BCUT2D eigenvalue weighted by Crippen LogP contribution is -1.86. The molecular weight excluding hydrogens is 230 g/mol. The van der Waals surface area contributed by atoms with Crippen molar-refractivity contribution < 1.29 is 0 Å². The van der Waals surface area contributed by atoms with Gasteiger partial charge < -0.3 is 0 Å². The molecule has 0 fully saturated rings. The SMILES string of the molecule is Clc1ccc2nnc(Cl)c(Cl)c2c1. The Balaban J connectivity index is 2.89. The molecule has 0 saturated heterocycles. The summed E-state index contributed by atoms with van der Waals surface area (Å²) in [6.45, 7) is 0. The largest absolute Gasteiger partial charge is 0.170 e. The Morgan fingerprint density at radius 3 is 2.54 bits per heavy atom. The van der Waals surface area contributed by atoms with E-state index in [1.807, 2.05) is 0 Å². The van der Waals surface area contributed by atoms with Crippen LogP contribution < -0.4 is 0 Å². The molecule has 2 rings (SSSR count). The minimum absolute atomic E-state index is 0.191. The Morgan fingerprint density at radius 2 is 1.77 bits per heavy atom. The first-order valence-electron chi connectivity index (χ1n) is 3.45. The van der Waals surface area contributed by atoms with Crippen LogP contribution in [-0.4, -0.2) is 10.2 Å². The second-order valence-electron chi connectivity index (χ2n) is 2.47. The fourth-order valence-electron chi connectivity index (χ4n) is 1.02. The van der Waals surface area contributed by atoms with E-state index in [0.717, 1.165) is 0 Å². The summed E-state index contributed by atoms with van der Waals surface area (Å²) in [6, 6.07) is 5.18. The van der Waals surface area contributed by atoms with Gasteiger partial charge in [-0.2, -0.15) is 0 Å². The van der Waals surface area contributed by atoms with Gasteiger partial charge in [-0.3, -0.25) is 0 Å². The molecular formula is C8H3Cl3N2. The number of halogens is 3. The van der Waals surface area contributed by atoms with E-state index >= 15 is 0 Å². The molecule has 2 aromatic rings. The highest BCUT2D eigenvalue weighted by Gasteiger charge is 2.06. The van der Waals surface area contributed by atoms with Crippen LogP contribution in [-0.2, 0) is 0 Å². The summed E-state index contributed by atoms with van der Waals surface area (Å²) >= 11 is 17.4. The highest BCUT2D eigenvalue weighted by Crippen LogP contribution is 2.28. The van der Waals surface area contributed by atoms with Crippen LogP contribution in [0, 0.1) is 0 Å². The normalized spacial score (nSPS) is 10.7. The third kappa shape index (κ3) is 1.57. The van der Waals surface area contributed by atoms with Crippen LogP contribution in [0.2, 0.25) is 15.2 Å². The van der Waals surface area contributed by atoms with E-state index in [4.69, 9.17) is 34.8 Å². The van der Waals surface area contributed by atoms with Crippen molar-refractivity contribution in [2.24, 2.45) is 0 Å². The highest BCUT2D eigenvalue weighted by atomic mass is 35.5. The molecule has 1 aromatic heterocycles. The van der Waals surface area contributed by atoms with Gasteiger partial charge in [-0.25, -0.2) is 0 Å². The number of fused-ring (bicyclic) bond motifs is 1. The van der Waals surface area contributed by atoms with Crippen molar-refractivity contribution in [2.75, 3.05) is 0 Å². The Kier molecular flexibility index (Phi) is 2.28. The van der Waals surface area contributed by atoms with Crippen molar-refractivity contribution in [1.82, 2.24) is 10.2 Å². The molecule has 0 aliphatic rings. The summed E-state index contributed by atoms with van der Waals surface area (Å²) in [6.07, 6.45) is 0. The summed E-state index contributed by atoms with van der Waals surface area (Å²) in [4.78, 5) is 0. The fraction of sp³-hybridized carbons (Fsp3) is 0. The highest BCUT2D eigenvalue weighted by molar-refractivity contribution is 6.44. The third-order valence-electron chi connectivity index (χ3n) is 1.62. The van der Waals surface area contributed by atoms with Gasteiger partial charge in [0.2, 0.25) is 0 Å². The first kappa shape index (κ1) is 9.00. The lowest BCUT2D eigenvalue weighted by Gasteiger charge is -2.00. The van der Waals surface area contributed by atoms with E-state index in [-0.39, 0.29) is 5.15 Å². The molecule has 0 saturated carbocycles. The molecule has 2 nitrogen and oxygen atoms in total. The maximum atomic E-state index is 5.90. The lowest BCUT2D eigenvalue weighted by molar-refractivity contribution is 1.08. The quantitative estimate of drug-likeness (QED) is 0.695. The zero-order valence-electron chi connectivity index (χ0n) is 6.26. The van der Waals surface area contributed by atoms with Crippen LogP contribution in [0.5, 0.6) is 0 Å². The van der Waals surface area contributed by atoms with Gasteiger partial charge in [0.25, 0.3) is 0 Å². The topological polar surface area (TPSA) is 25.8 Å². The number of hydrogen-bond acceptors (Lipinski definition) is 2. The molecule has 0 radical (unpaired) electrons. The summed E-state index contributed by atoms with van der Waals surface area (Å²) in [7, 11) is 0. The third-order valence-corrected chi connectivity index (χ3v) is 2.60. The van der Waals surface area contributed by atoms with E-state index < -0.39 is 0 Å². The summed E-state index contributed by atoms with van der Waals surface area (Å²) in [5.74, 6) is 0. The maximum Gasteiger partial charge on any atom is 0.170 e. The fourth-order valence-corrected chi connectivity index (χ4v) is 1.52. The van der Waals surface area contributed by atoms with Gasteiger partial charge >= 0.3 is 0 Å². The van der Waals surface area contributed by atoms with Gasteiger partial charge in [-0.05, 0) is 18.2 Å². The summed E-state index contributed by atoms with van der Waals surface area (Å²) in [5.41, 5.74) is 0.679. The minimum atomic E-state index is 0.191. The number of rotatable bonds is 0. The van der Waals surface area contributed by atoms with Crippen LogP contribution in [0.15, 0.2) is 18.2 Å². The molecule has 13 heavy (non-hydrogen) atoms. The van der Waals surface area contributed by atoms with Crippen LogP contribution in [0.25, 0.3) is 10.9 Å². The van der Waals surface area contributed by atoms with E-state index in [2.05, 4.69) is 10.2 Å². The second kappa shape index (κ2) is 3.29. The summed E-state index contributed by atoms with van der Waals surface area (Å²) < 4.78 is 0. The second-order valence-corrected chi connectivity index (χ2v) is 3.64. The van der Waals surface area contributed by atoms with Crippen molar-refractivity contribution in [3.05, 3.63) is 33.4 Å². The van der Waals surface area contributed by atoms with Crippen LogP contribution >= 0.6 is 34.8 Å². The minimum Gasteiger partial charge on any atom is -0.149 e. The number of benzene rings is 1. The van der Waals surface area contributed by atoms with Crippen LogP contribution in [0.3, 0.4) is 0 Å². The molecule has 0 N–H and O–H groups in total. The monoisotopic (exact) mass is 232 g/mol. The molecule has 0 aliphatic carbocycles. The first-order chi connectivity index (χ1) is 6.18.